The lowest BCUT2D eigenvalue weighted by Crippen LogP contribution is -2.03. The van der Waals surface area contributed by atoms with Gasteiger partial charge in [-0.25, -0.2) is 4.79 Å². The Bertz CT molecular complexity index is 195. The molecular formula is C10H15ClO2. The zero-order chi connectivity index (χ0) is 10.7. The Hall–Kier alpha value is -1.02. The fraction of sp³-hybridized carbons (Fsp3) is 0.300. The highest BCUT2D eigenvalue weighted by Gasteiger charge is 1.98. The Morgan fingerprint density at radius 1 is 1.62 bits per heavy atom. The molecule has 74 valence electrons. The zero-order valence-corrected chi connectivity index (χ0v) is 8.80. The van der Waals surface area contributed by atoms with Gasteiger partial charge in [0, 0.05) is 11.1 Å². The molecule has 0 saturated carbocycles. The zero-order valence-electron chi connectivity index (χ0n) is 8.05. The monoisotopic (exact) mass is 202 g/mol. The fourth-order valence-electron chi connectivity index (χ4n) is 0.306. The average Bonchev–Trinajstić information content (AvgIpc) is 2.07. The Labute approximate surface area is 84.5 Å². The summed E-state index contributed by atoms with van der Waals surface area (Å²) in [5.74, 6) is -0.312. The van der Waals surface area contributed by atoms with E-state index in [1.54, 1.807) is 26.0 Å². The number of carbonyl (C=O) groups excluding carboxylic acids is 1. The summed E-state index contributed by atoms with van der Waals surface area (Å²) < 4.78 is 4.56. The van der Waals surface area contributed by atoms with Gasteiger partial charge in [0.25, 0.3) is 0 Å². The van der Waals surface area contributed by atoms with Gasteiger partial charge in [0.05, 0.1) is 6.61 Å². The first-order valence-corrected chi connectivity index (χ1v) is 4.24. The minimum absolute atomic E-state index is 0.312. The first-order chi connectivity index (χ1) is 6.09. The predicted octanol–water partition coefficient (Wildman–Crippen LogP) is 3.05. The average molecular weight is 203 g/mol. The topological polar surface area (TPSA) is 26.3 Å². The number of ether oxygens (including phenoxy) is 1. The quantitative estimate of drug-likeness (QED) is 0.400. The van der Waals surface area contributed by atoms with Crippen LogP contribution in [0.1, 0.15) is 13.8 Å². The molecule has 13 heavy (non-hydrogen) atoms. The molecule has 3 heteroatoms. The van der Waals surface area contributed by atoms with Crippen molar-refractivity contribution in [1.29, 1.82) is 0 Å². The van der Waals surface area contributed by atoms with Crippen LogP contribution >= 0.6 is 11.6 Å². The minimum Gasteiger partial charge on any atom is -0.463 e. The van der Waals surface area contributed by atoms with Crippen molar-refractivity contribution in [2.75, 3.05) is 6.61 Å². The molecule has 0 rings (SSSR count). The van der Waals surface area contributed by atoms with Crippen molar-refractivity contribution in [2.24, 2.45) is 0 Å². The molecule has 0 aliphatic heterocycles. The summed E-state index contributed by atoms with van der Waals surface area (Å²) in [6.07, 6.45) is 3.27. The summed E-state index contributed by atoms with van der Waals surface area (Å²) in [5, 5.41) is 0. The van der Waals surface area contributed by atoms with Crippen molar-refractivity contribution in [3.05, 3.63) is 36.4 Å². The molecule has 0 spiro atoms. The lowest BCUT2D eigenvalue weighted by molar-refractivity contribution is -0.138. The molecule has 0 aliphatic rings. The van der Waals surface area contributed by atoms with Gasteiger partial charge in [-0.15, -0.1) is 0 Å². The van der Waals surface area contributed by atoms with Gasteiger partial charge in [-0.05, 0) is 13.8 Å². The van der Waals surface area contributed by atoms with Gasteiger partial charge in [-0.2, -0.15) is 0 Å². The van der Waals surface area contributed by atoms with E-state index < -0.39 is 0 Å². The number of esters is 1. The number of allylic oxidation sites excluding steroid dienone is 2. The standard InChI is InChI=1S/C6H10O2.C4H5Cl/c1-4-8-6(7)5(2)3;1-2-3-4-5/h2,4H2,1,3H3;2-4H,1H2. The van der Waals surface area contributed by atoms with E-state index >= 15 is 0 Å². The molecule has 0 bridgehead atoms. The summed E-state index contributed by atoms with van der Waals surface area (Å²) in [7, 11) is 0. The molecule has 0 aromatic carbocycles. The maximum Gasteiger partial charge on any atom is 0.333 e. The maximum atomic E-state index is 10.4. The minimum atomic E-state index is -0.312. The maximum absolute atomic E-state index is 10.4. The van der Waals surface area contributed by atoms with Gasteiger partial charge >= 0.3 is 5.97 Å². The molecule has 0 heterocycles. The van der Waals surface area contributed by atoms with Gasteiger partial charge in [-0.1, -0.05) is 36.9 Å². The van der Waals surface area contributed by atoms with Crippen LogP contribution in [-0.2, 0) is 9.53 Å². The molecule has 0 aromatic rings. The SMILES string of the molecule is C=C(C)C(=O)OCC.C=CC=CCl. The van der Waals surface area contributed by atoms with E-state index in [4.69, 9.17) is 11.6 Å². The number of hydrogen-bond acceptors (Lipinski definition) is 2. The summed E-state index contributed by atoms with van der Waals surface area (Å²) in [5.41, 5.74) is 1.86. The van der Waals surface area contributed by atoms with Crippen molar-refractivity contribution in [3.63, 3.8) is 0 Å². The Morgan fingerprint density at radius 2 is 2.15 bits per heavy atom. The molecule has 0 aliphatic carbocycles. The molecule has 0 unspecified atom stereocenters. The van der Waals surface area contributed by atoms with E-state index in [2.05, 4.69) is 17.9 Å². The Kier molecular flexibility index (Phi) is 12.2. The highest BCUT2D eigenvalue weighted by atomic mass is 35.5. The molecule has 0 saturated heterocycles. The fourth-order valence-corrected chi connectivity index (χ4v) is 0.409. The van der Waals surface area contributed by atoms with Gasteiger partial charge in [-0.3, -0.25) is 0 Å². The van der Waals surface area contributed by atoms with E-state index in [9.17, 15) is 4.79 Å². The number of hydrogen-bond donors (Lipinski definition) is 0. The van der Waals surface area contributed by atoms with Crippen molar-refractivity contribution in [1.82, 2.24) is 0 Å². The van der Waals surface area contributed by atoms with E-state index in [1.807, 2.05) is 0 Å². The van der Waals surface area contributed by atoms with Crippen LogP contribution in [0.2, 0.25) is 0 Å². The molecule has 0 aromatic heterocycles. The Balaban J connectivity index is 0. The summed E-state index contributed by atoms with van der Waals surface area (Å²) in [4.78, 5) is 10.4. The van der Waals surface area contributed by atoms with Gasteiger partial charge in [0.15, 0.2) is 0 Å². The Morgan fingerprint density at radius 3 is 2.23 bits per heavy atom. The van der Waals surface area contributed by atoms with E-state index in [0.717, 1.165) is 0 Å². The van der Waals surface area contributed by atoms with Crippen molar-refractivity contribution >= 4 is 17.6 Å². The normalized spacial score (nSPS) is 8.54. The lowest BCUT2D eigenvalue weighted by atomic mass is 10.4. The van der Waals surface area contributed by atoms with Crippen LogP contribution < -0.4 is 0 Å². The molecule has 0 N–H and O–H groups in total. The molecule has 0 radical (unpaired) electrons. The van der Waals surface area contributed by atoms with Crippen LogP contribution in [-0.4, -0.2) is 12.6 Å². The van der Waals surface area contributed by atoms with Crippen molar-refractivity contribution in [3.8, 4) is 0 Å². The molecule has 0 atom stereocenters. The second-order valence-corrected chi connectivity index (χ2v) is 2.31. The van der Waals surface area contributed by atoms with Crippen LogP contribution in [0.5, 0.6) is 0 Å². The third kappa shape index (κ3) is 13.9. The predicted molar refractivity (Wildman–Crippen MR) is 56.6 cm³/mol. The third-order valence-electron chi connectivity index (χ3n) is 0.833. The van der Waals surface area contributed by atoms with Gasteiger partial charge < -0.3 is 4.74 Å². The number of carbonyl (C=O) groups is 1. The molecular weight excluding hydrogens is 188 g/mol. The van der Waals surface area contributed by atoms with Crippen LogP contribution in [0.25, 0.3) is 0 Å². The van der Waals surface area contributed by atoms with Crippen LogP contribution in [0.3, 0.4) is 0 Å². The summed E-state index contributed by atoms with van der Waals surface area (Å²) in [6.45, 7) is 10.6. The van der Waals surface area contributed by atoms with Crippen LogP contribution in [0.15, 0.2) is 36.4 Å². The highest BCUT2D eigenvalue weighted by Crippen LogP contribution is 1.89. The molecule has 0 fully saturated rings. The second-order valence-electron chi connectivity index (χ2n) is 2.05. The summed E-state index contributed by atoms with van der Waals surface area (Å²) >= 11 is 5.05. The first kappa shape index (κ1) is 14.5. The van der Waals surface area contributed by atoms with E-state index in [1.165, 1.54) is 5.54 Å². The van der Waals surface area contributed by atoms with Crippen LogP contribution in [0, 0.1) is 0 Å². The molecule has 0 amide bonds. The lowest BCUT2D eigenvalue weighted by Gasteiger charge is -1.96. The van der Waals surface area contributed by atoms with Crippen molar-refractivity contribution < 1.29 is 9.53 Å². The van der Waals surface area contributed by atoms with Crippen LogP contribution in [0.4, 0.5) is 0 Å². The van der Waals surface area contributed by atoms with Gasteiger partial charge in [0.1, 0.15) is 0 Å². The molecule has 2 nitrogen and oxygen atoms in total. The number of rotatable bonds is 3. The summed E-state index contributed by atoms with van der Waals surface area (Å²) in [6, 6.07) is 0. The third-order valence-corrected chi connectivity index (χ3v) is 0.978. The van der Waals surface area contributed by atoms with E-state index in [0.29, 0.717) is 12.2 Å². The smallest absolute Gasteiger partial charge is 0.333 e. The highest BCUT2D eigenvalue weighted by molar-refractivity contribution is 6.25. The van der Waals surface area contributed by atoms with E-state index in [-0.39, 0.29) is 5.97 Å². The van der Waals surface area contributed by atoms with Crippen molar-refractivity contribution in [2.45, 2.75) is 13.8 Å². The number of halogens is 1. The first-order valence-electron chi connectivity index (χ1n) is 3.80. The largest absolute Gasteiger partial charge is 0.463 e. The van der Waals surface area contributed by atoms with Gasteiger partial charge in [0.2, 0.25) is 0 Å². The second kappa shape index (κ2) is 11.0.